The molecule has 132 valence electrons. The Hall–Kier alpha value is -2.14. The number of carbonyl (C=O) groups is 1. The highest BCUT2D eigenvalue weighted by molar-refractivity contribution is 5.94. The van der Waals surface area contributed by atoms with Gasteiger partial charge in [-0.05, 0) is 43.9 Å². The van der Waals surface area contributed by atoms with E-state index in [0.29, 0.717) is 5.92 Å². The molecule has 5 nitrogen and oxygen atoms in total. The van der Waals surface area contributed by atoms with E-state index in [1.54, 1.807) is 0 Å². The first-order valence-electron chi connectivity index (χ1n) is 9.03. The number of piperidine rings is 1. The predicted molar refractivity (Wildman–Crippen MR) is 95.6 cm³/mol. The van der Waals surface area contributed by atoms with Crippen molar-refractivity contribution in [3.05, 3.63) is 53.3 Å². The van der Waals surface area contributed by atoms with E-state index < -0.39 is 0 Å². The number of carbonyl (C=O) groups excluding carboxylic acids is 1. The molecule has 25 heavy (non-hydrogen) atoms. The van der Waals surface area contributed by atoms with Crippen LogP contribution in [0.5, 0.6) is 0 Å². The molecule has 0 N–H and O–H groups in total. The first-order valence-corrected chi connectivity index (χ1v) is 9.03. The van der Waals surface area contributed by atoms with Gasteiger partial charge in [-0.2, -0.15) is 5.10 Å². The molecule has 1 amide bonds. The average molecular weight is 339 g/mol. The molecule has 0 aliphatic carbocycles. The van der Waals surface area contributed by atoms with Gasteiger partial charge in [-0.15, -0.1) is 0 Å². The number of aryl methyl sites for hydroxylation is 2. The number of aromatic nitrogens is 2. The summed E-state index contributed by atoms with van der Waals surface area (Å²) in [4.78, 5) is 14.7. The molecular weight excluding hydrogens is 314 g/mol. The summed E-state index contributed by atoms with van der Waals surface area (Å²) in [6, 6.07) is 7.85. The van der Waals surface area contributed by atoms with Crippen molar-refractivity contribution < 1.29 is 9.53 Å². The number of amides is 1. The minimum Gasteiger partial charge on any atom is -0.374 e. The number of likely N-dealkylation sites (tertiary alicyclic amines) is 1. The second-order valence-corrected chi connectivity index (χ2v) is 7.50. The van der Waals surface area contributed by atoms with Gasteiger partial charge >= 0.3 is 0 Å². The number of rotatable bonds is 2. The quantitative estimate of drug-likeness (QED) is 0.845. The van der Waals surface area contributed by atoms with E-state index in [1.807, 2.05) is 54.0 Å². The fourth-order valence-electron chi connectivity index (χ4n) is 4.14. The largest absolute Gasteiger partial charge is 0.374 e. The molecule has 2 saturated heterocycles. The minimum atomic E-state index is -0.0656. The Morgan fingerprint density at radius 3 is 2.80 bits per heavy atom. The fourth-order valence-corrected chi connectivity index (χ4v) is 4.14. The maximum absolute atomic E-state index is 12.7. The first kappa shape index (κ1) is 16.3. The Bertz CT molecular complexity index is 775. The molecule has 1 aromatic heterocycles. The standard InChI is InChI=1S/C20H25N3O2/c1-15-4-3-5-16(10-15)19(24)23-8-6-20(7-9-23)11-17(14-25-20)18-12-21-22(2)13-18/h3-5,10,12-13,17H,6-9,11,14H2,1-2H3/t17-/m1/s1. The Labute approximate surface area is 148 Å². The molecule has 0 bridgehead atoms. The topological polar surface area (TPSA) is 47.4 Å². The van der Waals surface area contributed by atoms with E-state index in [0.717, 1.165) is 50.1 Å². The van der Waals surface area contributed by atoms with Crippen LogP contribution in [0, 0.1) is 6.92 Å². The van der Waals surface area contributed by atoms with Crippen LogP contribution in [0.2, 0.25) is 0 Å². The van der Waals surface area contributed by atoms with Crippen LogP contribution in [0.3, 0.4) is 0 Å². The third-order valence-electron chi connectivity index (χ3n) is 5.63. The molecule has 2 fully saturated rings. The molecule has 1 spiro atoms. The van der Waals surface area contributed by atoms with Crippen molar-refractivity contribution in [2.75, 3.05) is 19.7 Å². The van der Waals surface area contributed by atoms with Gasteiger partial charge in [0.15, 0.2) is 0 Å². The summed E-state index contributed by atoms with van der Waals surface area (Å²) in [6.07, 6.45) is 6.90. The van der Waals surface area contributed by atoms with Crippen LogP contribution in [0.15, 0.2) is 36.7 Å². The summed E-state index contributed by atoms with van der Waals surface area (Å²) in [5.41, 5.74) is 3.11. The van der Waals surface area contributed by atoms with Gasteiger partial charge in [0, 0.05) is 37.8 Å². The highest BCUT2D eigenvalue weighted by Gasteiger charge is 2.44. The molecule has 0 radical (unpaired) electrons. The van der Waals surface area contributed by atoms with Gasteiger partial charge in [-0.25, -0.2) is 0 Å². The molecule has 4 rings (SSSR count). The minimum absolute atomic E-state index is 0.0656. The van der Waals surface area contributed by atoms with Gasteiger partial charge in [-0.3, -0.25) is 9.48 Å². The van der Waals surface area contributed by atoms with Crippen molar-refractivity contribution in [3.8, 4) is 0 Å². The Morgan fingerprint density at radius 1 is 1.32 bits per heavy atom. The zero-order chi connectivity index (χ0) is 17.4. The van der Waals surface area contributed by atoms with Crippen LogP contribution in [0.1, 0.15) is 46.7 Å². The van der Waals surface area contributed by atoms with Gasteiger partial charge in [0.1, 0.15) is 0 Å². The average Bonchev–Trinajstić information content (AvgIpc) is 3.22. The summed E-state index contributed by atoms with van der Waals surface area (Å²) >= 11 is 0. The second kappa shape index (κ2) is 6.30. The third kappa shape index (κ3) is 3.21. The van der Waals surface area contributed by atoms with E-state index in [2.05, 4.69) is 11.3 Å². The Morgan fingerprint density at radius 2 is 2.12 bits per heavy atom. The molecule has 2 aliphatic heterocycles. The van der Waals surface area contributed by atoms with E-state index in [1.165, 1.54) is 5.56 Å². The van der Waals surface area contributed by atoms with Gasteiger partial charge in [0.25, 0.3) is 5.91 Å². The summed E-state index contributed by atoms with van der Waals surface area (Å²) in [5.74, 6) is 0.563. The summed E-state index contributed by atoms with van der Waals surface area (Å²) in [5, 5.41) is 4.28. The Balaban J connectivity index is 1.39. The molecule has 5 heteroatoms. The number of ether oxygens (including phenoxy) is 1. The zero-order valence-corrected chi connectivity index (χ0v) is 14.9. The van der Waals surface area contributed by atoms with Crippen LogP contribution in [0.4, 0.5) is 0 Å². The normalized spacial score (nSPS) is 22.5. The van der Waals surface area contributed by atoms with Crippen LogP contribution < -0.4 is 0 Å². The molecule has 2 aromatic rings. The highest BCUT2D eigenvalue weighted by atomic mass is 16.5. The van der Waals surface area contributed by atoms with Gasteiger partial charge in [0.2, 0.25) is 0 Å². The van der Waals surface area contributed by atoms with Crippen molar-refractivity contribution in [2.24, 2.45) is 7.05 Å². The molecular formula is C20H25N3O2. The van der Waals surface area contributed by atoms with Crippen molar-refractivity contribution in [3.63, 3.8) is 0 Å². The molecule has 3 heterocycles. The van der Waals surface area contributed by atoms with Crippen molar-refractivity contribution in [1.29, 1.82) is 0 Å². The highest BCUT2D eigenvalue weighted by Crippen LogP contribution is 2.42. The number of nitrogens with zero attached hydrogens (tertiary/aromatic N) is 3. The van der Waals surface area contributed by atoms with Gasteiger partial charge < -0.3 is 9.64 Å². The smallest absolute Gasteiger partial charge is 0.253 e. The monoisotopic (exact) mass is 339 g/mol. The van der Waals surface area contributed by atoms with Crippen LogP contribution in [-0.2, 0) is 11.8 Å². The number of benzene rings is 1. The van der Waals surface area contributed by atoms with Crippen molar-refractivity contribution >= 4 is 5.91 Å². The van der Waals surface area contributed by atoms with E-state index >= 15 is 0 Å². The molecule has 1 atom stereocenters. The van der Waals surface area contributed by atoms with Crippen molar-refractivity contribution in [1.82, 2.24) is 14.7 Å². The van der Waals surface area contributed by atoms with E-state index in [9.17, 15) is 4.79 Å². The van der Waals surface area contributed by atoms with Gasteiger partial charge in [-0.1, -0.05) is 17.7 Å². The second-order valence-electron chi connectivity index (χ2n) is 7.50. The molecule has 2 aliphatic rings. The lowest BCUT2D eigenvalue weighted by atomic mass is 9.83. The number of hydrogen-bond acceptors (Lipinski definition) is 3. The SMILES string of the molecule is Cc1cccc(C(=O)N2CCC3(CC2)C[C@@H](c2cnn(C)c2)CO3)c1. The van der Waals surface area contributed by atoms with Crippen LogP contribution in [-0.4, -0.2) is 45.9 Å². The summed E-state index contributed by atoms with van der Waals surface area (Å²) in [6.45, 7) is 4.32. The molecule has 1 aromatic carbocycles. The molecule has 0 saturated carbocycles. The van der Waals surface area contributed by atoms with Crippen LogP contribution >= 0.6 is 0 Å². The van der Waals surface area contributed by atoms with Gasteiger partial charge in [0.05, 0.1) is 18.4 Å². The fraction of sp³-hybridized carbons (Fsp3) is 0.500. The summed E-state index contributed by atoms with van der Waals surface area (Å²) < 4.78 is 8.09. The molecule has 0 unspecified atom stereocenters. The lowest BCUT2D eigenvalue weighted by Gasteiger charge is -2.38. The Kier molecular flexibility index (Phi) is 4.12. The summed E-state index contributed by atoms with van der Waals surface area (Å²) in [7, 11) is 1.95. The predicted octanol–water partition coefficient (Wildman–Crippen LogP) is 2.91. The van der Waals surface area contributed by atoms with E-state index in [4.69, 9.17) is 4.74 Å². The lowest BCUT2D eigenvalue weighted by molar-refractivity contribution is -0.0388. The van der Waals surface area contributed by atoms with Crippen molar-refractivity contribution in [2.45, 2.75) is 37.7 Å². The van der Waals surface area contributed by atoms with E-state index in [-0.39, 0.29) is 11.5 Å². The maximum atomic E-state index is 12.7. The first-order chi connectivity index (χ1) is 12.0. The maximum Gasteiger partial charge on any atom is 0.253 e. The number of hydrogen-bond donors (Lipinski definition) is 0. The third-order valence-corrected chi connectivity index (χ3v) is 5.63. The zero-order valence-electron chi connectivity index (χ0n) is 14.9. The lowest BCUT2D eigenvalue weighted by Crippen LogP contribution is -2.46. The van der Waals surface area contributed by atoms with Crippen LogP contribution in [0.25, 0.3) is 0 Å².